The maximum atomic E-state index is 15.1. The van der Waals surface area contributed by atoms with Gasteiger partial charge in [-0.3, -0.25) is 9.69 Å². The van der Waals surface area contributed by atoms with E-state index in [0.717, 1.165) is 68.8 Å². The van der Waals surface area contributed by atoms with Gasteiger partial charge in [-0.1, -0.05) is 37.3 Å². The molecule has 1 amide bonds. The maximum absolute atomic E-state index is 15.1. The largest absolute Gasteiger partial charge is 0.489 e. The van der Waals surface area contributed by atoms with Gasteiger partial charge < -0.3 is 29.7 Å². The fourth-order valence-corrected chi connectivity index (χ4v) is 6.29. The van der Waals surface area contributed by atoms with Crippen molar-refractivity contribution in [3.05, 3.63) is 88.9 Å². The van der Waals surface area contributed by atoms with Crippen LogP contribution < -0.4 is 24.8 Å². The summed E-state index contributed by atoms with van der Waals surface area (Å²) in [6.45, 7) is 16.4. The average Bonchev–Trinajstić information content (AvgIpc) is 3.40. The Balaban J connectivity index is 1.18. The van der Waals surface area contributed by atoms with E-state index in [1.165, 1.54) is 12.3 Å². The van der Waals surface area contributed by atoms with Crippen LogP contribution in [0.25, 0.3) is 0 Å². The van der Waals surface area contributed by atoms with Crippen LogP contribution in [0.2, 0.25) is 0 Å². The molecule has 49 heavy (non-hydrogen) atoms. The number of nitrogens with zero attached hydrogens (tertiary/aromatic N) is 4. The van der Waals surface area contributed by atoms with Gasteiger partial charge in [-0.05, 0) is 70.0 Å². The number of amides is 1. The number of ether oxygens (including phenoxy) is 3. The van der Waals surface area contributed by atoms with Crippen LogP contribution in [0, 0.1) is 19.7 Å². The molecule has 10 nitrogen and oxygen atoms in total. The Kier molecular flexibility index (Phi) is 10.3. The van der Waals surface area contributed by atoms with Crippen LogP contribution in [0.15, 0.2) is 60.8 Å². The summed E-state index contributed by atoms with van der Waals surface area (Å²) in [5.41, 5.74) is 3.71. The van der Waals surface area contributed by atoms with E-state index >= 15 is 4.39 Å². The summed E-state index contributed by atoms with van der Waals surface area (Å²) in [5.74, 6) is 0.449. The smallest absolute Gasteiger partial charge is 0.262 e. The molecule has 1 saturated heterocycles. The second-order valence-corrected chi connectivity index (χ2v) is 13.3. The molecule has 2 aliphatic heterocycles. The maximum Gasteiger partial charge on any atom is 0.262 e. The van der Waals surface area contributed by atoms with Gasteiger partial charge in [-0.15, -0.1) is 0 Å². The highest BCUT2D eigenvalue weighted by Gasteiger charge is 2.33. The minimum atomic E-state index is -0.501. The molecule has 3 heterocycles. The molecule has 0 spiro atoms. The number of carbonyl (C=O) groups excluding carboxylic acids is 1. The van der Waals surface area contributed by atoms with Gasteiger partial charge in [0.2, 0.25) is 11.8 Å². The van der Waals surface area contributed by atoms with Crippen molar-refractivity contribution in [2.45, 2.75) is 53.1 Å². The summed E-state index contributed by atoms with van der Waals surface area (Å²) in [6.07, 6.45) is 3.28. The zero-order chi connectivity index (χ0) is 34.5. The third-order valence-electron chi connectivity index (χ3n) is 8.84. The minimum absolute atomic E-state index is 0.0268. The van der Waals surface area contributed by atoms with Gasteiger partial charge in [0.05, 0.1) is 0 Å². The fourth-order valence-electron chi connectivity index (χ4n) is 6.29. The van der Waals surface area contributed by atoms with Gasteiger partial charge in [0, 0.05) is 68.3 Å². The SMILES string of the molecule is CCCN1CCN(CCOc2ccc(Nc3ncc(C(=O)Nc4c(C)cccc4C)c(Oc4cccc5c4OC(C)(C)C5)n3)cc2F)CC1. The first-order valence-corrected chi connectivity index (χ1v) is 17.0. The summed E-state index contributed by atoms with van der Waals surface area (Å²) < 4.78 is 33.5. The number of piperazine rings is 1. The van der Waals surface area contributed by atoms with E-state index in [0.29, 0.717) is 29.5 Å². The Morgan fingerprint density at radius 2 is 1.69 bits per heavy atom. The molecule has 11 heteroatoms. The van der Waals surface area contributed by atoms with Crippen molar-refractivity contribution < 1.29 is 23.4 Å². The number of hydrogen-bond donors (Lipinski definition) is 2. The zero-order valence-electron chi connectivity index (χ0n) is 28.9. The predicted molar refractivity (Wildman–Crippen MR) is 189 cm³/mol. The second-order valence-electron chi connectivity index (χ2n) is 13.3. The number of benzene rings is 3. The lowest BCUT2D eigenvalue weighted by molar-refractivity contribution is 0.102. The highest BCUT2D eigenvalue weighted by atomic mass is 19.1. The number of rotatable bonds is 12. The van der Waals surface area contributed by atoms with Crippen LogP contribution in [0.1, 0.15) is 54.2 Å². The first kappa shape index (κ1) is 34.1. The Morgan fingerprint density at radius 1 is 0.980 bits per heavy atom. The van der Waals surface area contributed by atoms with E-state index in [1.54, 1.807) is 18.2 Å². The molecule has 6 rings (SSSR count). The number of nitrogens with one attached hydrogen (secondary N) is 2. The van der Waals surface area contributed by atoms with Crippen molar-refractivity contribution in [2.75, 3.05) is 56.5 Å². The van der Waals surface area contributed by atoms with Crippen molar-refractivity contribution in [2.24, 2.45) is 0 Å². The molecule has 0 aliphatic carbocycles. The van der Waals surface area contributed by atoms with Crippen LogP contribution in [0.5, 0.6) is 23.1 Å². The zero-order valence-corrected chi connectivity index (χ0v) is 28.9. The van der Waals surface area contributed by atoms with Crippen LogP contribution in [-0.2, 0) is 6.42 Å². The molecule has 2 aliphatic rings. The average molecular weight is 669 g/mol. The summed E-state index contributed by atoms with van der Waals surface area (Å²) in [7, 11) is 0. The molecule has 4 aromatic rings. The van der Waals surface area contributed by atoms with Crippen LogP contribution in [0.4, 0.5) is 21.7 Å². The van der Waals surface area contributed by atoms with Gasteiger partial charge in [-0.25, -0.2) is 9.37 Å². The number of fused-ring (bicyclic) bond motifs is 1. The predicted octanol–water partition coefficient (Wildman–Crippen LogP) is 7.14. The quantitative estimate of drug-likeness (QED) is 0.163. The van der Waals surface area contributed by atoms with Gasteiger partial charge in [-0.2, -0.15) is 4.98 Å². The summed E-state index contributed by atoms with van der Waals surface area (Å²) in [6, 6.07) is 16.1. The monoisotopic (exact) mass is 668 g/mol. The number of carbonyl (C=O) groups is 1. The summed E-state index contributed by atoms with van der Waals surface area (Å²) in [4.78, 5) is 27.4. The molecule has 0 radical (unpaired) electrons. The Labute approximate surface area is 287 Å². The van der Waals surface area contributed by atoms with E-state index in [-0.39, 0.29) is 23.1 Å². The number of halogens is 1. The number of aryl methyl sites for hydroxylation is 2. The Morgan fingerprint density at radius 3 is 2.41 bits per heavy atom. The minimum Gasteiger partial charge on any atom is -0.489 e. The molecule has 1 aromatic heterocycles. The van der Waals surface area contributed by atoms with E-state index in [1.807, 2.05) is 58.0 Å². The number of hydrogen-bond acceptors (Lipinski definition) is 9. The van der Waals surface area contributed by atoms with Gasteiger partial charge in [0.15, 0.2) is 23.1 Å². The van der Waals surface area contributed by atoms with Gasteiger partial charge in [0.1, 0.15) is 17.8 Å². The van der Waals surface area contributed by atoms with Crippen LogP contribution in [-0.4, -0.2) is 77.2 Å². The second kappa shape index (κ2) is 14.8. The first-order chi connectivity index (χ1) is 23.6. The Hall–Kier alpha value is -4.74. The van der Waals surface area contributed by atoms with Crippen molar-refractivity contribution in [3.8, 4) is 23.1 Å². The highest BCUT2D eigenvalue weighted by molar-refractivity contribution is 6.06. The Bertz CT molecular complexity index is 1790. The third-order valence-corrected chi connectivity index (χ3v) is 8.84. The fraction of sp³-hybridized carbons (Fsp3) is 0.395. The van der Waals surface area contributed by atoms with Crippen molar-refractivity contribution in [3.63, 3.8) is 0 Å². The lowest BCUT2D eigenvalue weighted by Gasteiger charge is -2.34. The molecule has 1 fully saturated rings. The van der Waals surface area contributed by atoms with Crippen LogP contribution in [0.3, 0.4) is 0 Å². The van der Waals surface area contributed by atoms with Crippen molar-refractivity contribution in [1.82, 2.24) is 19.8 Å². The van der Waals surface area contributed by atoms with Gasteiger partial charge in [0.25, 0.3) is 5.91 Å². The molecule has 258 valence electrons. The molecule has 2 N–H and O–H groups in total. The first-order valence-electron chi connectivity index (χ1n) is 17.0. The molecule has 0 unspecified atom stereocenters. The van der Waals surface area contributed by atoms with Crippen molar-refractivity contribution >= 4 is 23.2 Å². The lowest BCUT2D eigenvalue weighted by Crippen LogP contribution is -2.47. The van der Waals surface area contributed by atoms with Gasteiger partial charge >= 0.3 is 0 Å². The third kappa shape index (κ3) is 8.29. The number of aromatic nitrogens is 2. The van der Waals surface area contributed by atoms with E-state index in [4.69, 9.17) is 14.2 Å². The topological polar surface area (TPSA) is 101 Å². The normalized spacial score (nSPS) is 15.7. The molecular formula is C38H45FN6O4. The van der Waals surface area contributed by atoms with E-state index in [2.05, 4.69) is 37.3 Å². The standard InChI is InChI=1S/C38H45FN6O4/c1-6-15-44-16-18-45(19-17-44)20-21-47-31-14-13-28(22-30(31)39)41-37-40-24-29(35(46)42-33-25(2)9-7-10-26(33)3)36(43-37)48-32-12-8-11-27-23-38(4,5)49-34(27)32/h7-14,22,24H,6,15-21,23H2,1-5H3,(H,42,46)(H,40,41,43). The van der Waals surface area contributed by atoms with E-state index < -0.39 is 17.3 Å². The molecule has 0 bridgehead atoms. The number of para-hydroxylation sites is 2. The molecule has 0 saturated carbocycles. The van der Waals surface area contributed by atoms with Crippen LogP contribution >= 0.6 is 0 Å². The molecular weight excluding hydrogens is 623 g/mol. The van der Waals surface area contributed by atoms with Crippen molar-refractivity contribution in [1.29, 1.82) is 0 Å². The summed E-state index contributed by atoms with van der Waals surface area (Å²) >= 11 is 0. The highest BCUT2D eigenvalue weighted by Crippen LogP contribution is 2.43. The molecule has 3 aromatic carbocycles. The lowest BCUT2D eigenvalue weighted by atomic mass is 10.0. The molecule has 0 atom stereocenters. The number of anilines is 3. The van der Waals surface area contributed by atoms with E-state index in [9.17, 15) is 4.79 Å². The summed E-state index contributed by atoms with van der Waals surface area (Å²) in [5, 5.41) is 6.04.